The third-order valence-corrected chi connectivity index (χ3v) is 4.53. The number of piperazine rings is 1. The van der Waals surface area contributed by atoms with E-state index in [9.17, 15) is 13.2 Å². The maximum Gasteiger partial charge on any atom is 0.277 e. The van der Waals surface area contributed by atoms with E-state index in [2.05, 4.69) is 10.1 Å². The molecule has 0 atom stereocenters. The summed E-state index contributed by atoms with van der Waals surface area (Å²) in [5.41, 5.74) is 1.07. The highest BCUT2D eigenvalue weighted by Crippen LogP contribution is 2.14. The van der Waals surface area contributed by atoms with E-state index in [-0.39, 0.29) is 19.0 Å². The van der Waals surface area contributed by atoms with Gasteiger partial charge in [-0.3, -0.25) is 9.78 Å². The van der Waals surface area contributed by atoms with E-state index in [0.717, 1.165) is 4.31 Å². The maximum absolute atomic E-state index is 12.5. The van der Waals surface area contributed by atoms with Crippen molar-refractivity contribution in [2.45, 2.75) is 0 Å². The molecule has 0 aromatic carbocycles. The van der Waals surface area contributed by atoms with Gasteiger partial charge in [-0.1, -0.05) is 0 Å². The third kappa shape index (κ3) is 2.60. The average Bonchev–Trinajstić information content (AvgIpc) is 2.90. The Labute approximate surface area is 121 Å². The first-order valence-corrected chi connectivity index (χ1v) is 7.81. The summed E-state index contributed by atoms with van der Waals surface area (Å²) in [6, 6.07) is 0. The Kier molecular flexibility index (Phi) is 3.35. The van der Waals surface area contributed by atoms with Gasteiger partial charge in [-0.2, -0.15) is 17.8 Å². The molecule has 112 valence electrons. The maximum atomic E-state index is 12.5. The van der Waals surface area contributed by atoms with Gasteiger partial charge in [0.1, 0.15) is 0 Å². The number of carbonyl (C=O) groups is 1. The number of nitrogens with zero attached hydrogens (tertiary/aromatic N) is 5. The second-order valence-electron chi connectivity index (χ2n) is 4.70. The van der Waals surface area contributed by atoms with Crippen molar-refractivity contribution < 1.29 is 13.2 Å². The molecular weight excluding hydrogens is 296 g/mol. The zero-order chi connectivity index (χ0) is 15.0. The van der Waals surface area contributed by atoms with Gasteiger partial charge in [-0.05, 0) is 0 Å². The molecule has 1 aliphatic heterocycles. The highest BCUT2D eigenvalue weighted by molar-refractivity contribution is 7.86. The minimum absolute atomic E-state index is 0.188. The van der Waals surface area contributed by atoms with Gasteiger partial charge in [-0.25, -0.2) is 9.65 Å². The van der Waals surface area contributed by atoms with Gasteiger partial charge >= 0.3 is 0 Å². The van der Waals surface area contributed by atoms with Crippen LogP contribution in [0.1, 0.15) is 10.4 Å². The molecule has 1 fully saturated rings. The Bertz CT molecular complexity index is 778. The normalized spacial score (nSPS) is 17.3. The molecule has 21 heavy (non-hydrogen) atoms. The molecule has 0 bridgehead atoms. The molecule has 0 saturated carbocycles. The molecule has 2 aromatic heterocycles. The number of amides is 1. The van der Waals surface area contributed by atoms with Gasteiger partial charge in [0.2, 0.25) is 0 Å². The van der Waals surface area contributed by atoms with Crippen molar-refractivity contribution in [3.63, 3.8) is 0 Å². The summed E-state index contributed by atoms with van der Waals surface area (Å²) in [4.78, 5) is 18.0. The molecule has 1 aliphatic rings. The van der Waals surface area contributed by atoms with Crippen molar-refractivity contribution in [1.82, 2.24) is 23.8 Å². The number of hydrogen-bond donors (Lipinski definition) is 1. The van der Waals surface area contributed by atoms with E-state index in [1.54, 1.807) is 28.0 Å². The van der Waals surface area contributed by atoms with Crippen LogP contribution in [0.4, 0.5) is 0 Å². The van der Waals surface area contributed by atoms with Gasteiger partial charge in [0, 0.05) is 38.6 Å². The van der Waals surface area contributed by atoms with Crippen LogP contribution in [0, 0.1) is 0 Å². The van der Waals surface area contributed by atoms with Gasteiger partial charge < -0.3 is 4.90 Å². The van der Waals surface area contributed by atoms with E-state index in [4.69, 9.17) is 5.14 Å². The van der Waals surface area contributed by atoms with Crippen molar-refractivity contribution in [3.05, 3.63) is 30.4 Å². The van der Waals surface area contributed by atoms with E-state index in [1.807, 2.05) is 0 Å². The molecule has 1 saturated heterocycles. The zero-order valence-electron chi connectivity index (χ0n) is 11.1. The second kappa shape index (κ2) is 5.06. The molecule has 0 spiro atoms. The summed E-state index contributed by atoms with van der Waals surface area (Å²) in [6.07, 6.45) is 6.30. The first-order valence-electron chi connectivity index (χ1n) is 6.31. The number of fused-ring (bicyclic) bond motifs is 1. The molecule has 0 unspecified atom stereocenters. The van der Waals surface area contributed by atoms with Gasteiger partial charge in [-0.15, -0.1) is 0 Å². The fraction of sp³-hybridized carbons (Fsp3) is 0.364. The standard InChI is InChI=1S/C11H14N6O3S/c12-21(19,20)16-5-3-15(4-6-16)11(18)9-7-14-17-2-1-13-8-10(9)17/h1-2,7-8H,3-6H2,(H2,12,19,20). The molecule has 0 aliphatic carbocycles. The quantitative estimate of drug-likeness (QED) is 0.740. The van der Waals surface area contributed by atoms with Gasteiger partial charge in [0.15, 0.2) is 0 Å². The summed E-state index contributed by atoms with van der Waals surface area (Å²) in [6.45, 7) is 0.990. The lowest BCUT2D eigenvalue weighted by Crippen LogP contribution is -2.52. The lowest BCUT2D eigenvalue weighted by molar-refractivity contribution is 0.0700. The van der Waals surface area contributed by atoms with Crippen LogP contribution >= 0.6 is 0 Å². The second-order valence-corrected chi connectivity index (χ2v) is 6.25. The smallest absolute Gasteiger partial charge is 0.277 e. The monoisotopic (exact) mass is 310 g/mol. The molecule has 3 rings (SSSR count). The van der Waals surface area contributed by atoms with Crippen LogP contribution in [-0.4, -0.2) is 64.3 Å². The van der Waals surface area contributed by atoms with Crippen LogP contribution in [0.15, 0.2) is 24.8 Å². The summed E-state index contributed by atoms with van der Waals surface area (Å²) < 4.78 is 25.2. The lowest BCUT2D eigenvalue weighted by Gasteiger charge is -2.32. The molecule has 0 radical (unpaired) electrons. The summed E-state index contributed by atoms with van der Waals surface area (Å²) in [5.74, 6) is -0.188. The third-order valence-electron chi connectivity index (χ3n) is 3.44. The summed E-state index contributed by atoms with van der Waals surface area (Å²) >= 11 is 0. The van der Waals surface area contributed by atoms with Crippen molar-refractivity contribution in [2.24, 2.45) is 5.14 Å². The fourth-order valence-corrected chi connectivity index (χ4v) is 2.99. The minimum Gasteiger partial charge on any atom is -0.336 e. The average molecular weight is 310 g/mol. The largest absolute Gasteiger partial charge is 0.336 e. The molecule has 3 heterocycles. The first-order chi connectivity index (χ1) is 9.97. The van der Waals surface area contributed by atoms with Crippen LogP contribution in [-0.2, 0) is 10.2 Å². The highest BCUT2D eigenvalue weighted by Gasteiger charge is 2.28. The van der Waals surface area contributed by atoms with Crippen molar-refractivity contribution in [2.75, 3.05) is 26.2 Å². The Morgan fingerprint density at radius 1 is 1.19 bits per heavy atom. The topological polar surface area (TPSA) is 114 Å². The number of aromatic nitrogens is 3. The van der Waals surface area contributed by atoms with Gasteiger partial charge in [0.25, 0.3) is 16.1 Å². The number of hydrogen-bond acceptors (Lipinski definition) is 5. The van der Waals surface area contributed by atoms with Crippen molar-refractivity contribution in [3.8, 4) is 0 Å². The van der Waals surface area contributed by atoms with E-state index in [0.29, 0.717) is 24.2 Å². The Balaban J connectivity index is 1.78. The Hall–Kier alpha value is -2.04. The lowest BCUT2D eigenvalue weighted by atomic mass is 10.2. The number of rotatable bonds is 2. The SMILES string of the molecule is NS(=O)(=O)N1CCN(C(=O)c2cnn3ccncc23)CC1. The molecular formula is C11H14N6O3S. The predicted molar refractivity (Wildman–Crippen MR) is 73.6 cm³/mol. The first kappa shape index (κ1) is 13.9. The van der Waals surface area contributed by atoms with Crippen LogP contribution in [0.25, 0.3) is 5.52 Å². The predicted octanol–water partition coefficient (Wildman–Crippen LogP) is -1.31. The summed E-state index contributed by atoms with van der Waals surface area (Å²) in [5, 5.41) is 9.17. The van der Waals surface area contributed by atoms with Crippen molar-refractivity contribution >= 4 is 21.6 Å². The van der Waals surface area contributed by atoms with E-state index >= 15 is 0 Å². The highest BCUT2D eigenvalue weighted by atomic mass is 32.2. The number of nitrogens with two attached hydrogens (primary N) is 1. The Morgan fingerprint density at radius 2 is 1.90 bits per heavy atom. The molecule has 9 nitrogen and oxygen atoms in total. The van der Waals surface area contributed by atoms with Crippen LogP contribution < -0.4 is 5.14 Å². The molecule has 1 amide bonds. The molecule has 2 aromatic rings. The fourth-order valence-electron chi connectivity index (χ4n) is 2.32. The van der Waals surface area contributed by atoms with E-state index < -0.39 is 10.2 Å². The summed E-state index contributed by atoms with van der Waals surface area (Å²) in [7, 11) is -3.69. The van der Waals surface area contributed by atoms with Crippen LogP contribution in [0.5, 0.6) is 0 Å². The van der Waals surface area contributed by atoms with Crippen LogP contribution in [0.2, 0.25) is 0 Å². The molecule has 2 N–H and O–H groups in total. The van der Waals surface area contributed by atoms with Crippen LogP contribution in [0.3, 0.4) is 0 Å². The van der Waals surface area contributed by atoms with E-state index in [1.165, 1.54) is 6.20 Å². The Morgan fingerprint density at radius 3 is 2.57 bits per heavy atom. The minimum atomic E-state index is -3.69. The van der Waals surface area contributed by atoms with Crippen molar-refractivity contribution in [1.29, 1.82) is 0 Å². The molecule has 10 heteroatoms. The zero-order valence-corrected chi connectivity index (χ0v) is 11.9. The number of carbonyl (C=O) groups excluding carboxylic acids is 1. The van der Waals surface area contributed by atoms with Gasteiger partial charge in [0.05, 0.1) is 23.5 Å².